The van der Waals surface area contributed by atoms with Crippen LogP contribution in [0.25, 0.3) is 39.1 Å². The van der Waals surface area contributed by atoms with Crippen LogP contribution in [0, 0.1) is 6.92 Å². The van der Waals surface area contributed by atoms with Crippen molar-refractivity contribution in [2.24, 2.45) is 0 Å². The molecule has 3 nitrogen and oxygen atoms in total. The molecular formula is C35H27NO2. The zero-order valence-electron chi connectivity index (χ0n) is 21.2. The Morgan fingerprint density at radius 1 is 0.763 bits per heavy atom. The summed E-state index contributed by atoms with van der Waals surface area (Å²) in [7, 11) is 0. The largest absolute Gasteiger partial charge is 0.505 e. The average molecular weight is 494 g/mol. The van der Waals surface area contributed by atoms with E-state index in [1.807, 2.05) is 60.7 Å². The molecule has 1 aliphatic rings. The van der Waals surface area contributed by atoms with E-state index in [9.17, 15) is 5.11 Å². The molecule has 7 rings (SSSR count). The first-order valence-corrected chi connectivity index (χ1v) is 13.1. The number of hydrogen-bond acceptors (Lipinski definition) is 3. The van der Waals surface area contributed by atoms with Gasteiger partial charge in [-0.05, 0) is 72.4 Å². The van der Waals surface area contributed by atoms with Gasteiger partial charge in [-0.25, -0.2) is 0 Å². The monoisotopic (exact) mass is 493 g/mol. The van der Waals surface area contributed by atoms with E-state index in [0.717, 1.165) is 63.1 Å². The van der Waals surface area contributed by atoms with Gasteiger partial charge in [-0.1, -0.05) is 78.9 Å². The van der Waals surface area contributed by atoms with E-state index in [4.69, 9.17) is 4.42 Å². The van der Waals surface area contributed by atoms with E-state index in [0.29, 0.717) is 0 Å². The Morgan fingerprint density at radius 3 is 2.45 bits per heavy atom. The molecule has 0 saturated carbocycles. The van der Waals surface area contributed by atoms with E-state index in [1.54, 1.807) is 0 Å². The molecule has 1 heterocycles. The molecule has 0 amide bonds. The Bertz CT molecular complexity index is 1850. The lowest BCUT2D eigenvalue weighted by molar-refractivity contribution is 0.478. The lowest BCUT2D eigenvalue weighted by Crippen LogP contribution is -2.11. The zero-order chi connectivity index (χ0) is 25.6. The maximum Gasteiger partial charge on any atom is 0.147 e. The summed E-state index contributed by atoms with van der Waals surface area (Å²) in [6.45, 7) is 2.10. The molecule has 0 atom stereocenters. The number of hydrogen-bond donors (Lipinski definition) is 1. The summed E-state index contributed by atoms with van der Waals surface area (Å²) in [6, 6.07) is 34.9. The topological polar surface area (TPSA) is 36.6 Å². The van der Waals surface area contributed by atoms with Gasteiger partial charge in [0.25, 0.3) is 0 Å². The van der Waals surface area contributed by atoms with Crippen LogP contribution in [0.3, 0.4) is 0 Å². The summed E-state index contributed by atoms with van der Waals surface area (Å²) in [5.74, 6) is 0.242. The van der Waals surface area contributed by atoms with Gasteiger partial charge in [-0.3, -0.25) is 0 Å². The first-order chi connectivity index (χ1) is 18.7. The van der Waals surface area contributed by atoms with E-state index >= 15 is 0 Å². The average Bonchev–Trinajstić information content (AvgIpc) is 3.34. The van der Waals surface area contributed by atoms with E-state index in [2.05, 4.69) is 66.4 Å². The van der Waals surface area contributed by atoms with E-state index < -0.39 is 0 Å². The number of allylic oxidation sites excluding steroid dienone is 1. The van der Waals surface area contributed by atoms with Crippen molar-refractivity contribution >= 4 is 45.1 Å². The second kappa shape index (κ2) is 8.97. The molecular weight excluding hydrogens is 466 g/mol. The summed E-state index contributed by atoms with van der Waals surface area (Å²) < 4.78 is 6.41. The minimum Gasteiger partial charge on any atom is -0.505 e. The Labute approximate surface area is 221 Å². The van der Waals surface area contributed by atoms with Gasteiger partial charge in [-0.15, -0.1) is 0 Å². The molecule has 184 valence electrons. The van der Waals surface area contributed by atoms with Crippen LogP contribution in [0.5, 0.6) is 5.75 Å². The van der Waals surface area contributed by atoms with Crippen molar-refractivity contribution < 1.29 is 9.52 Å². The molecule has 0 saturated heterocycles. The third-order valence-electron chi connectivity index (χ3n) is 7.57. The summed E-state index contributed by atoms with van der Waals surface area (Å²) in [6.07, 6.45) is 6.62. The van der Waals surface area contributed by atoms with Crippen LogP contribution < -0.4 is 4.90 Å². The lowest BCUT2D eigenvalue weighted by Gasteiger charge is -2.28. The van der Waals surface area contributed by atoms with Crippen molar-refractivity contribution in [1.29, 1.82) is 0 Å². The lowest BCUT2D eigenvalue weighted by atomic mass is 9.93. The maximum absolute atomic E-state index is 11.6. The number of phenols is 1. The quantitative estimate of drug-likeness (QED) is 0.265. The highest BCUT2D eigenvalue weighted by Gasteiger charge is 2.22. The maximum atomic E-state index is 11.6. The Kier molecular flexibility index (Phi) is 5.29. The van der Waals surface area contributed by atoms with Crippen molar-refractivity contribution in [3.05, 3.63) is 126 Å². The number of para-hydroxylation sites is 2. The van der Waals surface area contributed by atoms with Crippen LogP contribution in [-0.4, -0.2) is 5.11 Å². The molecule has 6 aromatic rings. The van der Waals surface area contributed by atoms with Gasteiger partial charge in [0.2, 0.25) is 0 Å². The number of furan rings is 1. The molecule has 38 heavy (non-hydrogen) atoms. The zero-order valence-corrected chi connectivity index (χ0v) is 21.2. The number of rotatable bonds is 4. The molecule has 5 aromatic carbocycles. The Hall–Kier alpha value is -4.76. The Balaban J connectivity index is 1.45. The van der Waals surface area contributed by atoms with Crippen molar-refractivity contribution in [3.8, 4) is 16.9 Å². The predicted octanol–water partition coefficient (Wildman–Crippen LogP) is 9.70. The fourth-order valence-electron chi connectivity index (χ4n) is 5.70. The smallest absolute Gasteiger partial charge is 0.147 e. The number of aryl methyl sites for hydroxylation is 2. The Morgan fingerprint density at radius 2 is 1.58 bits per heavy atom. The van der Waals surface area contributed by atoms with Crippen molar-refractivity contribution in [3.63, 3.8) is 0 Å². The van der Waals surface area contributed by atoms with Gasteiger partial charge >= 0.3 is 0 Å². The third-order valence-corrected chi connectivity index (χ3v) is 7.57. The van der Waals surface area contributed by atoms with Gasteiger partial charge < -0.3 is 14.4 Å². The molecule has 1 aliphatic carbocycles. The third kappa shape index (κ3) is 3.59. The van der Waals surface area contributed by atoms with Crippen molar-refractivity contribution in [2.75, 3.05) is 4.90 Å². The summed E-state index contributed by atoms with van der Waals surface area (Å²) >= 11 is 0. The number of anilines is 3. The number of benzene rings is 5. The van der Waals surface area contributed by atoms with Crippen LogP contribution >= 0.6 is 0 Å². The first-order valence-electron chi connectivity index (χ1n) is 13.1. The molecule has 0 bridgehead atoms. The minimum absolute atomic E-state index is 0.242. The highest BCUT2D eigenvalue weighted by Crippen LogP contribution is 2.46. The SMILES string of the molecule is Cc1ccccc1N(c1ccc2c(c1)oc1ccc3c(c12)C=CCC3)c1cccc(-c2ccccc2)c1O. The summed E-state index contributed by atoms with van der Waals surface area (Å²) in [4.78, 5) is 2.12. The molecule has 0 spiro atoms. The molecule has 1 aromatic heterocycles. The van der Waals surface area contributed by atoms with Crippen LogP contribution in [0.15, 0.2) is 114 Å². The van der Waals surface area contributed by atoms with Gasteiger partial charge in [0.1, 0.15) is 16.9 Å². The first kappa shape index (κ1) is 22.4. The van der Waals surface area contributed by atoms with Crippen molar-refractivity contribution in [2.45, 2.75) is 19.8 Å². The summed E-state index contributed by atoms with van der Waals surface area (Å²) in [5.41, 5.74) is 9.91. The highest BCUT2D eigenvalue weighted by molar-refractivity contribution is 6.10. The van der Waals surface area contributed by atoms with Gasteiger partial charge in [0.05, 0.1) is 11.4 Å². The molecule has 0 fully saturated rings. The van der Waals surface area contributed by atoms with Crippen LogP contribution in [0.1, 0.15) is 23.1 Å². The number of aromatic hydroxyl groups is 1. The van der Waals surface area contributed by atoms with Crippen LogP contribution in [0.4, 0.5) is 17.1 Å². The van der Waals surface area contributed by atoms with Crippen molar-refractivity contribution in [1.82, 2.24) is 0 Å². The standard InChI is InChI=1S/C35H27NO2/c1-23-10-5-8-16-30(23)36(31-17-9-15-28(35(31)37)24-11-3-2-4-12-24)26-19-20-29-33(22-26)38-32-21-18-25-13-6-7-14-27(25)34(29)32/h2-5,7-12,14-22,37H,6,13H2,1H3. The second-order valence-electron chi connectivity index (χ2n) is 9.90. The molecule has 0 unspecified atom stereocenters. The van der Waals surface area contributed by atoms with Gasteiger partial charge in [0.15, 0.2) is 0 Å². The van der Waals surface area contributed by atoms with Crippen LogP contribution in [0.2, 0.25) is 0 Å². The summed E-state index contributed by atoms with van der Waals surface area (Å²) in [5, 5.41) is 13.9. The predicted molar refractivity (Wildman–Crippen MR) is 158 cm³/mol. The number of nitrogens with zero attached hydrogens (tertiary/aromatic N) is 1. The van der Waals surface area contributed by atoms with E-state index in [1.165, 1.54) is 16.5 Å². The van der Waals surface area contributed by atoms with E-state index in [-0.39, 0.29) is 5.75 Å². The number of phenolic OH excluding ortho intramolecular Hbond substituents is 1. The van der Waals surface area contributed by atoms with Crippen LogP contribution in [-0.2, 0) is 6.42 Å². The fourth-order valence-corrected chi connectivity index (χ4v) is 5.70. The second-order valence-corrected chi connectivity index (χ2v) is 9.90. The highest BCUT2D eigenvalue weighted by atomic mass is 16.3. The minimum atomic E-state index is 0.242. The molecule has 0 radical (unpaired) electrons. The number of fused-ring (bicyclic) bond motifs is 5. The molecule has 3 heteroatoms. The normalized spacial score (nSPS) is 12.7. The molecule has 0 aliphatic heterocycles. The fraction of sp³-hybridized carbons (Fsp3) is 0.0857. The van der Waals surface area contributed by atoms with Gasteiger partial charge in [-0.2, -0.15) is 0 Å². The molecule has 1 N–H and O–H groups in total. The van der Waals surface area contributed by atoms with Gasteiger partial charge in [0, 0.05) is 28.1 Å².